The average molecular weight is 328 g/mol. The molecular weight excluding hydrogens is 316 g/mol. The number of nitrogens with one attached hydrogen (secondary N) is 1. The molecule has 0 saturated carbocycles. The first-order chi connectivity index (χ1) is 11.1. The van der Waals surface area contributed by atoms with Crippen LogP contribution < -0.4 is 15.8 Å². The van der Waals surface area contributed by atoms with Gasteiger partial charge in [0.15, 0.2) is 11.7 Å². The third kappa shape index (κ3) is 4.94. The number of rotatable bonds is 6. The highest BCUT2D eigenvalue weighted by molar-refractivity contribution is 7.13. The number of thiazole rings is 1. The number of nitrogens with zero attached hydrogens (tertiary/aromatic N) is 2. The predicted molar refractivity (Wildman–Crippen MR) is 85.5 cm³/mol. The van der Waals surface area contributed by atoms with Gasteiger partial charge in [0.2, 0.25) is 0 Å². The molecule has 1 aromatic heterocycles. The summed E-state index contributed by atoms with van der Waals surface area (Å²) in [6.07, 6.45) is 2.97. The van der Waals surface area contributed by atoms with Gasteiger partial charge in [-0.2, -0.15) is 5.26 Å². The molecule has 2 aromatic rings. The lowest BCUT2D eigenvalue weighted by atomic mass is 10.1. The number of benzene rings is 1. The summed E-state index contributed by atoms with van der Waals surface area (Å²) < 4.78 is 5.34. The van der Waals surface area contributed by atoms with Gasteiger partial charge in [-0.15, -0.1) is 11.3 Å². The molecular formula is C15H12N4O3S. The van der Waals surface area contributed by atoms with E-state index in [4.69, 9.17) is 15.7 Å². The van der Waals surface area contributed by atoms with E-state index in [2.05, 4.69) is 10.3 Å². The summed E-state index contributed by atoms with van der Waals surface area (Å²) in [5.74, 6) is -0.620. The molecule has 23 heavy (non-hydrogen) atoms. The number of carbonyl (C=O) groups is 2. The van der Waals surface area contributed by atoms with Crippen molar-refractivity contribution in [2.45, 2.75) is 0 Å². The maximum absolute atomic E-state index is 11.6. The van der Waals surface area contributed by atoms with E-state index >= 15 is 0 Å². The van der Waals surface area contributed by atoms with Gasteiger partial charge in [0.1, 0.15) is 17.4 Å². The number of amides is 2. The third-order valence-corrected chi connectivity index (χ3v) is 3.31. The van der Waals surface area contributed by atoms with E-state index in [-0.39, 0.29) is 18.1 Å². The van der Waals surface area contributed by atoms with E-state index in [1.54, 1.807) is 41.9 Å². The summed E-state index contributed by atoms with van der Waals surface area (Å²) in [5, 5.41) is 13.6. The molecule has 0 saturated heterocycles. The monoisotopic (exact) mass is 328 g/mol. The molecule has 0 fully saturated rings. The first kappa shape index (κ1) is 16.2. The number of hydrogen-bond acceptors (Lipinski definition) is 6. The second-order valence-electron chi connectivity index (χ2n) is 4.28. The number of ether oxygens (including phenoxy) is 1. The van der Waals surface area contributed by atoms with Crippen LogP contribution in [0.15, 0.2) is 41.4 Å². The zero-order valence-corrected chi connectivity index (χ0v) is 12.7. The SMILES string of the molecule is N#C/C(=C\c1ccc(OCC(=O)Nc2nccs2)cc1)C(N)=O. The number of nitrogens with two attached hydrogens (primary N) is 1. The van der Waals surface area contributed by atoms with Crippen LogP contribution in [0.25, 0.3) is 6.08 Å². The fourth-order valence-electron chi connectivity index (χ4n) is 1.57. The van der Waals surface area contributed by atoms with Crippen molar-refractivity contribution < 1.29 is 14.3 Å². The highest BCUT2D eigenvalue weighted by Crippen LogP contribution is 2.15. The number of hydrogen-bond donors (Lipinski definition) is 2. The van der Waals surface area contributed by atoms with Gasteiger partial charge in [-0.1, -0.05) is 12.1 Å². The lowest BCUT2D eigenvalue weighted by Gasteiger charge is -2.06. The van der Waals surface area contributed by atoms with E-state index in [1.807, 2.05) is 0 Å². The summed E-state index contributed by atoms with van der Waals surface area (Å²) >= 11 is 1.32. The molecule has 0 aliphatic carbocycles. The molecule has 116 valence electrons. The lowest BCUT2D eigenvalue weighted by Crippen LogP contribution is -2.19. The van der Waals surface area contributed by atoms with Crippen LogP contribution in [0.3, 0.4) is 0 Å². The fourth-order valence-corrected chi connectivity index (χ4v) is 2.12. The Morgan fingerprint density at radius 1 is 1.39 bits per heavy atom. The van der Waals surface area contributed by atoms with Gasteiger partial charge < -0.3 is 10.5 Å². The summed E-state index contributed by atoms with van der Waals surface area (Å²) in [7, 11) is 0. The Morgan fingerprint density at radius 2 is 2.13 bits per heavy atom. The van der Waals surface area contributed by atoms with Gasteiger partial charge in [-0.25, -0.2) is 4.98 Å². The Balaban J connectivity index is 1.91. The number of nitriles is 1. The Kier molecular flexibility index (Phi) is 5.44. The fraction of sp³-hybridized carbons (Fsp3) is 0.0667. The highest BCUT2D eigenvalue weighted by atomic mass is 32.1. The molecule has 8 heteroatoms. The summed E-state index contributed by atoms with van der Waals surface area (Å²) in [6, 6.07) is 8.26. The largest absolute Gasteiger partial charge is 0.484 e. The first-order valence-corrected chi connectivity index (χ1v) is 7.30. The molecule has 0 radical (unpaired) electrons. The molecule has 1 heterocycles. The Morgan fingerprint density at radius 3 is 2.70 bits per heavy atom. The van der Waals surface area contributed by atoms with Crippen molar-refractivity contribution in [1.29, 1.82) is 5.26 Å². The minimum absolute atomic E-state index is 0.138. The number of primary amides is 1. The maximum atomic E-state index is 11.6. The van der Waals surface area contributed by atoms with Gasteiger partial charge in [0, 0.05) is 11.6 Å². The number of carbonyl (C=O) groups excluding carboxylic acids is 2. The van der Waals surface area contributed by atoms with Gasteiger partial charge in [-0.3, -0.25) is 14.9 Å². The highest BCUT2D eigenvalue weighted by Gasteiger charge is 2.06. The van der Waals surface area contributed by atoms with E-state index in [0.29, 0.717) is 16.4 Å². The van der Waals surface area contributed by atoms with Crippen molar-refractivity contribution in [3.63, 3.8) is 0 Å². The van der Waals surface area contributed by atoms with Crippen LogP contribution in [-0.4, -0.2) is 23.4 Å². The third-order valence-electron chi connectivity index (χ3n) is 2.63. The zero-order valence-electron chi connectivity index (χ0n) is 11.9. The predicted octanol–water partition coefficient (Wildman–Crippen LogP) is 1.55. The maximum Gasteiger partial charge on any atom is 0.264 e. The molecule has 1 aromatic carbocycles. The van der Waals surface area contributed by atoms with E-state index in [0.717, 1.165) is 0 Å². The Labute approximate surface area is 136 Å². The standard InChI is InChI=1S/C15H12N4O3S/c16-8-11(14(17)21)7-10-1-3-12(4-2-10)22-9-13(20)19-15-18-5-6-23-15/h1-7H,9H2,(H2,17,21)(H,18,19,20)/b11-7+. The molecule has 7 nitrogen and oxygen atoms in total. The van der Waals surface area contributed by atoms with Crippen LogP contribution in [0, 0.1) is 11.3 Å². The summed E-state index contributed by atoms with van der Waals surface area (Å²) in [4.78, 5) is 26.5. The molecule has 0 spiro atoms. The van der Waals surface area contributed by atoms with Gasteiger partial charge in [0.05, 0.1) is 0 Å². The van der Waals surface area contributed by atoms with Gasteiger partial charge in [0.25, 0.3) is 11.8 Å². The molecule has 0 bridgehead atoms. The van der Waals surface area contributed by atoms with Crippen molar-refractivity contribution in [3.8, 4) is 11.8 Å². The van der Waals surface area contributed by atoms with Gasteiger partial charge >= 0.3 is 0 Å². The molecule has 0 aliphatic rings. The van der Waals surface area contributed by atoms with Crippen molar-refractivity contribution in [1.82, 2.24) is 4.98 Å². The Bertz CT molecular complexity index is 761. The molecule has 0 atom stereocenters. The first-order valence-electron chi connectivity index (χ1n) is 6.42. The molecule has 0 unspecified atom stereocenters. The molecule has 0 aliphatic heterocycles. The smallest absolute Gasteiger partial charge is 0.264 e. The van der Waals surface area contributed by atoms with Crippen molar-refractivity contribution >= 4 is 34.4 Å². The van der Waals surface area contributed by atoms with Crippen LogP contribution in [0.5, 0.6) is 5.75 Å². The molecule has 2 amide bonds. The number of aromatic nitrogens is 1. The second kappa shape index (κ2) is 7.72. The van der Waals surface area contributed by atoms with Crippen LogP contribution >= 0.6 is 11.3 Å². The van der Waals surface area contributed by atoms with E-state index < -0.39 is 5.91 Å². The van der Waals surface area contributed by atoms with Gasteiger partial charge in [-0.05, 0) is 23.8 Å². The van der Waals surface area contributed by atoms with Crippen molar-refractivity contribution in [2.75, 3.05) is 11.9 Å². The summed E-state index contributed by atoms with van der Waals surface area (Å²) in [6.45, 7) is -0.153. The topological polar surface area (TPSA) is 118 Å². The zero-order chi connectivity index (χ0) is 16.7. The Hall–Kier alpha value is -3.18. The lowest BCUT2D eigenvalue weighted by molar-refractivity contribution is -0.118. The molecule has 2 rings (SSSR count). The summed E-state index contributed by atoms with van der Waals surface area (Å²) in [5.41, 5.74) is 5.55. The van der Waals surface area contributed by atoms with Crippen LogP contribution in [0.2, 0.25) is 0 Å². The van der Waals surface area contributed by atoms with E-state index in [9.17, 15) is 9.59 Å². The average Bonchev–Trinajstić information content (AvgIpc) is 3.04. The minimum atomic E-state index is -0.785. The number of anilines is 1. The van der Waals surface area contributed by atoms with Crippen molar-refractivity contribution in [2.24, 2.45) is 5.73 Å². The van der Waals surface area contributed by atoms with Crippen LogP contribution in [0.1, 0.15) is 5.56 Å². The van der Waals surface area contributed by atoms with Crippen molar-refractivity contribution in [3.05, 3.63) is 47.0 Å². The molecule has 3 N–H and O–H groups in total. The minimum Gasteiger partial charge on any atom is -0.484 e. The quantitative estimate of drug-likeness (QED) is 0.616. The van der Waals surface area contributed by atoms with Crippen LogP contribution in [-0.2, 0) is 9.59 Å². The second-order valence-corrected chi connectivity index (χ2v) is 5.17. The van der Waals surface area contributed by atoms with Crippen LogP contribution in [0.4, 0.5) is 5.13 Å². The van der Waals surface area contributed by atoms with E-state index in [1.165, 1.54) is 17.4 Å². The normalized spacial score (nSPS) is 10.7.